The monoisotopic (exact) mass is 251 g/mol. The van der Waals surface area contributed by atoms with Crippen LogP contribution in [0.25, 0.3) is 0 Å². The highest BCUT2D eigenvalue weighted by Crippen LogP contribution is 2.20. The summed E-state index contributed by atoms with van der Waals surface area (Å²) in [5.74, 6) is 0.138. The number of imidazole rings is 1. The highest BCUT2D eigenvalue weighted by Gasteiger charge is 2.26. The first-order valence-corrected chi connectivity index (χ1v) is 6.64. The van der Waals surface area contributed by atoms with Crippen LogP contribution >= 0.6 is 0 Å². The second-order valence-corrected chi connectivity index (χ2v) is 4.94. The molecular weight excluding hydrogens is 230 g/mol. The topological polar surface area (TPSA) is 58.4 Å². The number of hydrogen-bond acceptors (Lipinski definition) is 3. The van der Waals surface area contributed by atoms with E-state index in [-0.39, 0.29) is 18.1 Å². The van der Waals surface area contributed by atoms with Gasteiger partial charge in [-0.15, -0.1) is 0 Å². The lowest BCUT2D eigenvalue weighted by Gasteiger charge is -2.21. The molecule has 0 aliphatic carbocycles. The van der Waals surface area contributed by atoms with E-state index in [0.717, 1.165) is 12.8 Å². The Morgan fingerprint density at radius 1 is 1.61 bits per heavy atom. The van der Waals surface area contributed by atoms with E-state index in [0.29, 0.717) is 25.9 Å². The summed E-state index contributed by atoms with van der Waals surface area (Å²) in [5.41, 5.74) is 0. The van der Waals surface area contributed by atoms with Crippen molar-refractivity contribution in [2.24, 2.45) is 0 Å². The van der Waals surface area contributed by atoms with Crippen LogP contribution in [0.5, 0.6) is 0 Å². The van der Waals surface area contributed by atoms with Gasteiger partial charge in [0.25, 0.3) is 0 Å². The summed E-state index contributed by atoms with van der Waals surface area (Å²) in [5, 5.41) is 9.46. The van der Waals surface area contributed by atoms with E-state index in [1.165, 1.54) is 0 Å². The molecule has 1 aliphatic heterocycles. The molecule has 1 fully saturated rings. The number of rotatable bonds is 5. The third kappa shape index (κ3) is 3.10. The highest BCUT2D eigenvalue weighted by atomic mass is 16.3. The Morgan fingerprint density at radius 3 is 3.00 bits per heavy atom. The number of aliphatic hydroxyl groups is 1. The molecule has 0 spiro atoms. The Hall–Kier alpha value is -1.36. The maximum atomic E-state index is 12.2. The predicted octanol–water partition coefficient (Wildman–Crippen LogP) is 1.21. The second-order valence-electron chi connectivity index (χ2n) is 4.94. The lowest BCUT2D eigenvalue weighted by molar-refractivity contribution is -0.131. The Bertz CT molecular complexity index is 378. The van der Waals surface area contributed by atoms with Gasteiger partial charge in [0.1, 0.15) is 0 Å². The minimum Gasteiger partial charge on any atom is -0.391 e. The lowest BCUT2D eigenvalue weighted by Crippen LogP contribution is -2.31. The summed E-state index contributed by atoms with van der Waals surface area (Å²) in [7, 11) is 0. The van der Waals surface area contributed by atoms with Crippen LogP contribution < -0.4 is 0 Å². The van der Waals surface area contributed by atoms with Crippen molar-refractivity contribution in [3.05, 3.63) is 18.7 Å². The third-order valence-corrected chi connectivity index (χ3v) is 3.49. The highest BCUT2D eigenvalue weighted by molar-refractivity contribution is 5.77. The minimum absolute atomic E-state index is 0.138. The largest absolute Gasteiger partial charge is 0.391 e. The molecule has 5 heteroatoms. The summed E-state index contributed by atoms with van der Waals surface area (Å²) in [6, 6.07) is 0.183. The zero-order valence-electron chi connectivity index (χ0n) is 10.8. The Kier molecular flexibility index (Phi) is 4.36. The SMILES string of the molecule is CCCC(CC(=O)N1CC[C@H](O)C1)n1ccnc1. The molecule has 5 nitrogen and oxygen atoms in total. The molecule has 0 bridgehead atoms. The molecular formula is C13H21N3O2. The van der Waals surface area contributed by atoms with Crippen LogP contribution in [-0.2, 0) is 4.79 Å². The third-order valence-electron chi connectivity index (χ3n) is 3.49. The number of likely N-dealkylation sites (tertiary alicyclic amines) is 1. The van der Waals surface area contributed by atoms with E-state index in [9.17, 15) is 9.90 Å². The van der Waals surface area contributed by atoms with Gasteiger partial charge >= 0.3 is 0 Å². The van der Waals surface area contributed by atoms with Crippen molar-refractivity contribution in [3.8, 4) is 0 Å². The fraction of sp³-hybridized carbons (Fsp3) is 0.692. The van der Waals surface area contributed by atoms with Crippen molar-refractivity contribution in [3.63, 3.8) is 0 Å². The molecule has 2 atom stereocenters. The number of carbonyl (C=O) groups is 1. The summed E-state index contributed by atoms with van der Waals surface area (Å²) in [4.78, 5) is 18.0. The Balaban J connectivity index is 1.94. The number of β-amino-alcohol motifs (C(OH)–C–C–N with tert-alkyl or cyclic N) is 1. The van der Waals surface area contributed by atoms with Gasteiger partial charge in [-0.3, -0.25) is 4.79 Å². The smallest absolute Gasteiger partial charge is 0.224 e. The minimum atomic E-state index is -0.341. The van der Waals surface area contributed by atoms with Gasteiger partial charge in [0.2, 0.25) is 5.91 Å². The first kappa shape index (κ1) is 13.1. The van der Waals surface area contributed by atoms with E-state index < -0.39 is 0 Å². The second kappa shape index (κ2) is 6.00. The van der Waals surface area contributed by atoms with Crippen molar-refractivity contribution in [1.29, 1.82) is 0 Å². The van der Waals surface area contributed by atoms with E-state index in [2.05, 4.69) is 11.9 Å². The van der Waals surface area contributed by atoms with E-state index in [1.54, 1.807) is 17.4 Å². The van der Waals surface area contributed by atoms with Gasteiger partial charge in [0, 0.05) is 37.9 Å². The quantitative estimate of drug-likeness (QED) is 0.855. The lowest BCUT2D eigenvalue weighted by atomic mass is 10.1. The number of amides is 1. The molecule has 100 valence electrons. The fourth-order valence-corrected chi connectivity index (χ4v) is 2.47. The molecule has 1 unspecified atom stereocenters. The Morgan fingerprint density at radius 2 is 2.44 bits per heavy atom. The van der Waals surface area contributed by atoms with Crippen LogP contribution in [0.1, 0.15) is 38.6 Å². The molecule has 2 heterocycles. The summed E-state index contributed by atoms with van der Waals surface area (Å²) in [6.45, 7) is 3.29. The Labute approximate surface area is 107 Å². The van der Waals surface area contributed by atoms with Crippen LogP contribution in [0, 0.1) is 0 Å². The first-order chi connectivity index (χ1) is 8.70. The van der Waals surface area contributed by atoms with Crippen LogP contribution in [0.3, 0.4) is 0 Å². The van der Waals surface area contributed by atoms with E-state index in [1.807, 2.05) is 10.8 Å². The average molecular weight is 251 g/mol. The zero-order valence-corrected chi connectivity index (χ0v) is 10.8. The van der Waals surface area contributed by atoms with E-state index in [4.69, 9.17) is 0 Å². The number of aliphatic hydroxyl groups excluding tert-OH is 1. The van der Waals surface area contributed by atoms with Gasteiger partial charge in [-0.2, -0.15) is 0 Å². The maximum absolute atomic E-state index is 12.2. The van der Waals surface area contributed by atoms with Crippen molar-refractivity contribution in [2.45, 2.75) is 44.8 Å². The first-order valence-electron chi connectivity index (χ1n) is 6.64. The molecule has 1 saturated heterocycles. The molecule has 18 heavy (non-hydrogen) atoms. The fourth-order valence-electron chi connectivity index (χ4n) is 2.47. The molecule has 0 radical (unpaired) electrons. The van der Waals surface area contributed by atoms with Gasteiger partial charge in [0.05, 0.1) is 12.4 Å². The maximum Gasteiger partial charge on any atom is 0.224 e. The standard InChI is InChI=1S/C13H21N3O2/c1-2-3-11(16-7-5-14-10-16)8-13(18)15-6-4-12(17)9-15/h5,7,10-12,17H,2-4,6,8-9H2,1H3/t11?,12-/m0/s1. The molecule has 1 aliphatic rings. The van der Waals surface area contributed by atoms with Crippen molar-refractivity contribution in [2.75, 3.05) is 13.1 Å². The molecule has 1 N–H and O–H groups in total. The molecule has 0 saturated carbocycles. The average Bonchev–Trinajstić information content (AvgIpc) is 2.98. The molecule has 0 aromatic carbocycles. The molecule has 1 aromatic heterocycles. The van der Waals surface area contributed by atoms with Crippen LogP contribution in [-0.4, -0.2) is 44.7 Å². The van der Waals surface area contributed by atoms with Gasteiger partial charge < -0.3 is 14.6 Å². The summed E-state index contributed by atoms with van der Waals surface area (Å²) in [6.07, 6.45) is 8.29. The van der Waals surface area contributed by atoms with Crippen molar-refractivity contribution in [1.82, 2.24) is 14.5 Å². The zero-order chi connectivity index (χ0) is 13.0. The number of hydrogen-bond donors (Lipinski definition) is 1. The van der Waals surface area contributed by atoms with Crippen molar-refractivity contribution < 1.29 is 9.90 Å². The van der Waals surface area contributed by atoms with Gasteiger partial charge in [-0.25, -0.2) is 4.98 Å². The molecule has 1 amide bonds. The number of carbonyl (C=O) groups excluding carboxylic acids is 1. The van der Waals surface area contributed by atoms with Gasteiger partial charge in [0.15, 0.2) is 0 Å². The van der Waals surface area contributed by atoms with Crippen LogP contribution in [0.15, 0.2) is 18.7 Å². The molecule has 1 aromatic rings. The summed E-state index contributed by atoms with van der Waals surface area (Å²) < 4.78 is 2.01. The molecule has 2 rings (SSSR count). The van der Waals surface area contributed by atoms with Crippen molar-refractivity contribution >= 4 is 5.91 Å². The normalized spacial score (nSPS) is 21.2. The van der Waals surface area contributed by atoms with Crippen LogP contribution in [0.4, 0.5) is 0 Å². The van der Waals surface area contributed by atoms with E-state index >= 15 is 0 Å². The van der Waals surface area contributed by atoms with Crippen LogP contribution in [0.2, 0.25) is 0 Å². The number of nitrogens with zero attached hydrogens (tertiary/aromatic N) is 3. The number of aromatic nitrogens is 2. The van der Waals surface area contributed by atoms with Gasteiger partial charge in [-0.05, 0) is 12.8 Å². The summed E-state index contributed by atoms with van der Waals surface area (Å²) >= 11 is 0. The van der Waals surface area contributed by atoms with Gasteiger partial charge in [-0.1, -0.05) is 13.3 Å². The predicted molar refractivity (Wildman–Crippen MR) is 68.0 cm³/mol.